The van der Waals surface area contributed by atoms with Gasteiger partial charge in [0, 0.05) is 80.3 Å². The highest BCUT2D eigenvalue weighted by Crippen LogP contribution is 2.41. The van der Waals surface area contributed by atoms with Crippen LogP contribution in [0.1, 0.15) is 38.5 Å². The lowest BCUT2D eigenvalue weighted by Crippen LogP contribution is -2.42. The molecule has 376 valence electrons. The molecule has 2 unspecified atom stereocenters. The summed E-state index contributed by atoms with van der Waals surface area (Å²) in [6, 6.07) is 13.0. The number of ether oxygens (including phenoxy) is 3. The third-order valence-electron chi connectivity index (χ3n) is 13.3. The molecule has 4 fully saturated rings. The predicted molar refractivity (Wildman–Crippen MR) is 261 cm³/mol. The molecule has 2 spiro atoms. The Morgan fingerprint density at radius 2 is 1.15 bits per heavy atom. The van der Waals surface area contributed by atoms with E-state index in [2.05, 4.69) is 54.5 Å². The number of nitrogens with one attached hydrogen (secondary N) is 2. The van der Waals surface area contributed by atoms with Crippen LogP contribution in [0.4, 0.5) is 47.6 Å². The van der Waals surface area contributed by atoms with Crippen molar-refractivity contribution in [3.05, 3.63) is 121 Å². The van der Waals surface area contributed by atoms with Crippen molar-refractivity contribution < 1.29 is 42.3 Å². The lowest BCUT2D eigenvalue weighted by atomic mass is 9.86. The second kappa shape index (κ2) is 22.1. The van der Waals surface area contributed by atoms with Gasteiger partial charge in [-0.1, -0.05) is 23.2 Å². The summed E-state index contributed by atoms with van der Waals surface area (Å²) in [6.07, 6.45) is 8.74. The molecule has 0 bridgehead atoms. The molecule has 4 saturated heterocycles. The number of benzene rings is 4. The Morgan fingerprint density at radius 1 is 0.690 bits per heavy atom. The van der Waals surface area contributed by atoms with Crippen molar-refractivity contribution in [3.63, 3.8) is 0 Å². The largest absolute Gasteiger partial charge is 0.486 e. The molecule has 23 heteroatoms. The maximum atomic E-state index is 13.6. The topological polar surface area (TPSA) is 216 Å². The van der Waals surface area contributed by atoms with Crippen molar-refractivity contribution in [2.24, 2.45) is 11.8 Å². The van der Waals surface area contributed by atoms with Gasteiger partial charge in [-0.3, -0.25) is 20.2 Å². The Hall–Kier alpha value is -6.07. The maximum Gasteiger partial charge on any atom is 0.311 e. The molecular formula is C48H51Cl2F3N10O8. The zero-order valence-corrected chi connectivity index (χ0v) is 40.3. The highest BCUT2D eigenvalue weighted by atomic mass is 35.5. The molecule has 71 heavy (non-hydrogen) atoms. The predicted octanol–water partition coefficient (Wildman–Crippen LogP) is 9.65. The van der Waals surface area contributed by atoms with Crippen LogP contribution in [-0.4, -0.2) is 123 Å². The van der Waals surface area contributed by atoms with E-state index in [1.807, 2.05) is 0 Å². The second-order valence-electron chi connectivity index (χ2n) is 18.4. The van der Waals surface area contributed by atoms with Gasteiger partial charge in [-0.15, -0.1) is 0 Å². The first-order valence-electron chi connectivity index (χ1n) is 22.9. The van der Waals surface area contributed by atoms with Crippen LogP contribution in [0.25, 0.3) is 21.8 Å². The molecule has 4 aliphatic heterocycles. The highest BCUT2D eigenvalue weighted by Gasteiger charge is 2.43. The molecule has 3 N–H and O–H groups in total. The van der Waals surface area contributed by atoms with E-state index in [1.165, 1.54) is 49.1 Å². The highest BCUT2D eigenvalue weighted by molar-refractivity contribution is 6.31. The van der Waals surface area contributed by atoms with Crippen LogP contribution in [-0.2, 0) is 9.47 Å². The van der Waals surface area contributed by atoms with Gasteiger partial charge < -0.3 is 39.8 Å². The van der Waals surface area contributed by atoms with Crippen molar-refractivity contribution in [3.8, 4) is 5.75 Å². The van der Waals surface area contributed by atoms with Crippen LogP contribution in [0.2, 0.25) is 10.0 Å². The number of hydrogen-bond donors (Lipinski definition) is 3. The molecule has 6 heterocycles. The Labute approximate surface area is 415 Å². The zero-order chi connectivity index (χ0) is 50.5. The molecule has 18 nitrogen and oxygen atoms in total. The van der Waals surface area contributed by atoms with Gasteiger partial charge in [0.1, 0.15) is 35.9 Å². The molecule has 4 aromatic carbocycles. The summed E-state index contributed by atoms with van der Waals surface area (Å²) in [7, 11) is 4.27. The first kappa shape index (κ1) is 51.3. The Morgan fingerprint density at radius 3 is 1.62 bits per heavy atom. The summed E-state index contributed by atoms with van der Waals surface area (Å²) in [5.74, 6) is -0.859. The first-order valence-corrected chi connectivity index (χ1v) is 23.6. The number of anilines is 4. The molecule has 10 rings (SSSR count). The number of nitro groups is 2. The molecule has 2 atom stereocenters. The van der Waals surface area contributed by atoms with Gasteiger partial charge in [0.25, 0.3) is 0 Å². The third kappa shape index (κ3) is 12.3. The van der Waals surface area contributed by atoms with Crippen molar-refractivity contribution in [2.75, 3.05) is 77.3 Å². The fourth-order valence-electron chi connectivity index (χ4n) is 9.22. The standard InChI is InChI=1S/C24H25ClFN5O4.C14H7ClF2N4O2.C10H19NO2/c1-30-6-4-24(5-7-30)11-15(13-35-24)12-34-22-10-20-17(9-21(22)31(32)33)23(28-14-27-20)29-16-2-3-19(26)18(25)8-16;15-9-3-7(1-2-10(9)16)20-14-8-4-13(21(22)23)11(17)5-12(8)18-6-19-14;1-11-4-2-10(3-5-11)6-9(7-12)8-13-10/h2-3,8-10,14-15H,4-7,11-13H2,1H3,(H,27,28,29);1-6H,(H,18,19,20);9,12H,2-8H2,1H3. The van der Waals surface area contributed by atoms with Crippen LogP contribution in [0.5, 0.6) is 5.75 Å². The average molecular weight is 1020 g/mol. The van der Waals surface area contributed by atoms with E-state index in [9.17, 15) is 33.4 Å². The number of nitro benzene ring substituents is 2. The minimum absolute atomic E-state index is 0.0482. The summed E-state index contributed by atoms with van der Waals surface area (Å²) in [5.41, 5.74) is 0.733. The summed E-state index contributed by atoms with van der Waals surface area (Å²) < 4.78 is 58.3. The van der Waals surface area contributed by atoms with E-state index in [0.29, 0.717) is 47.2 Å². The van der Waals surface area contributed by atoms with Crippen molar-refractivity contribution in [1.82, 2.24) is 29.7 Å². The molecule has 0 radical (unpaired) electrons. The Kier molecular flexibility index (Phi) is 16.0. The number of halogens is 5. The van der Waals surface area contributed by atoms with Gasteiger partial charge in [0.05, 0.1) is 72.7 Å². The first-order chi connectivity index (χ1) is 34.0. The van der Waals surface area contributed by atoms with Crippen LogP contribution < -0.4 is 15.4 Å². The molecule has 2 aromatic heterocycles. The maximum absolute atomic E-state index is 13.6. The van der Waals surface area contributed by atoms with E-state index in [-0.39, 0.29) is 61.9 Å². The van der Waals surface area contributed by atoms with Gasteiger partial charge in [-0.25, -0.2) is 28.7 Å². The van der Waals surface area contributed by atoms with Gasteiger partial charge in [0.2, 0.25) is 5.82 Å². The van der Waals surface area contributed by atoms with E-state index < -0.39 is 33.0 Å². The number of nitrogens with zero attached hydrogens (tertiary/aromatic N) is 8. The van der Waals surface area contributed by atoms with E-state index in [1.54, 1.807) is 6.07 Å². The van der Waals surface area contributed by atoms with Gasteiger partial charge >= 0.3 is 11.4 Å². The molecular weight excluding hydrogens is 972 g/mol. The number of aliphatic hydroxyl groups excluding tert-OH is 1. The summed E-state index contributed by atoms with van der Waals surface area (Å²) >= 11 is 11.6. The minimum Gasteiger partial charge on any atom is -0.486 e. The van der Waals surface area contributed by atoms with E-state index in [4.69, 9.17) is 42.5 Å². The van der Waals surface area contributed by atoms with E-state index in [0.717, 1.165) is 89.5 Å². The SMILES string of the molecule is CN1CCC2(CC1)CC(CO)CO2.CN1CCC2(CC1)CC(COc1cc3ncnc(Nc4ccc(F)c(Cl)c4)c3cc1[N+](=O)[O-])CO2.O=[N+]([O-])c1cc2c(Nc3ccc(F)c(Cl)c3)ncnc2cc1F. The van der Waals surface area contributed by atoms with Gasteiger partial charge in [0.15, 0.2) is 5.75 Å². The van der Waals surface area contributed by atoms with Crippen molar-refractivity contribution in [1.29, 1.82) is 0 Å². The molecule has 0 saturated carbocycles. The van der Waals surface area contributed by atoms with E-state index >= 15 is 0 Å². The number of fused-ring (bicyclic) bond motifs is 2. The van der Waals surface area contributed by atoms with Crippen LogP contribution in [0.15, 0.2) is 73.3 Å². The number of rotatable bonds is 10. The van der Waals surface area contributed by atoms with Crippen LogP contribution in [0, 0.1) is 49.5 Å². The lowest BCUT2D eigenvalue weighted by Gasteiger charge is -2.37. The number of likely N-dealkylation sites (tertiary alicyclic amines) is 2. The number of hydrogen-bond acceptors (Lipinski definition) is 16. The van der Waals surface area contributed by atoms with Crippen LogP contribution in [0.3, 0.4) is 0 Å². The van der Waals surface area contributed by atoms with Gasteiger partial charge in [-0.05, 0) is 89.0 Å². The fraction of sp³-hybridized carbons (Fsp3) is 0.417. The normalized spacial score (nSPS) is 19.5. The third-order valence-corrected chi connectivity index (χ3v) is 13.9. The van der Waals surface area contributed by atoms with Crippen molar-refractivity contribution in [2.45, 2.75) is 49.7 Å². The summed E-state index contributed by atoms with van der Waals surface area (Å²) in [6.45, 7) is 6.25. The summed E-state index contributed by atoms with van der Waals surface area (Å²) in [5, 5.41) is 38.2. The Bertz CT molecular complexity index is 2910. The zero-order valence-electron chi connectivity index (χ0n) is 38.8. The Balaban J connectivity index is 0.000000160. The minimum atomic E-state index is -0.989. The number of piperidine rings is 2. The molecule has 6 aromatic rings. The van der Waals surface area contributed by atoms with Gasteiger partial charge in [-0.2, -0.15) is 4.39 Å². The lowest BCUT2D eigenvalue weighted by molar-refractivity contribution is -0.387. The molecule has 0 amide bonds. The summed E-state index contributed by atoms with van der Waals surface area (Å²) in [4.78, 5) is 42.4. The second-order valence-corrected chi connectivity index (χ2v) is 19.2. The van der Waals surface area contributed by atoms with Crippen LogP contribution >= 0.6 is 23.2 Å². The number of aliphatic hydroxyl groups is 1. The molecule has 0 aliphatic carbocycles. The quantitative estimate of drug-likeness (QED) is 0.0860. The monoisotopic (exact) mass is 1020 g/mol. The number of aromatic nitrogens is 4. The smallest absolute Gasteiger partial charge is 0.311 e. The average Bonchev–Trinajstić information content (AvgIpc) is 3.96. The molecule has 4 aliphatic rings. The fourth-order valence-corrected chi connectivity index (χ4v) is 9.58. The van der Waals surface area contributed by atoms with Crippen molar-refractivity contribution >= 4 is 79.4 Å².